The van der Waals surface area contributed by atoms with Crippen molar-refractivity contribution in [1.82, 2.24) is 25.6 Å². The smallest absolute Gasteiger partial charge is 0.209 e. The summed E-state index contributed by atoms with van der Waals surface area (Å²) in [5.74, 6) is 0.698. The van der Waals surface area contributed by atoms with Crippen molar-refractivity contribution in [2.24, 2.45) is 0 Å². The molecule has 6 heteroatoms. The Balaban J connectivity index is 0.000000202. The third-order valence-electron chi connectivity index (χ3n) is 2.04. The zero-order chi connectivity index (χ0) is 12.5. The molecule has 2 heterocycles. The second-order valence-corrected chi connectivity index (χ2v) is 3.35. The van der Waals surface area contributed by atoms with E-state index in [1.165, 1.54) is 0 Å². The molecule has 0 unspecified atom stereocenters. The summed E-state index contributed by atoms with van der Waals surface area (Å²) < 4.78 is 5.41. The number of aromatic nitrogens is 5. The predicted octanol–water partition coefficient (Wildman–Crippen LogP) is 1.79. The van der Waals surface area contributed by atoms with Crippen molar-refractivity contribution in [2.45, 2.75) is 6.61 Å². The molecule has 0 saturated heterocycles. The lowest BCUT2D eigenvalue weighted by Gasteiger charge is -2.01. The van der Waals surface area contributed by atoms with Crippen LogP contribution in [0.3, 0.4) is 0 Å². The molecule has 6 nitrogen and oxygen atoms in total. The summed E-state index contributed by atoms with van der Waals surface area (Å²) in [7, 11) is 0. The summed E-state index contributed by atoms with van der Waals surface area (Å²) in [5.41, 5.74) is 1.15. The van der Waals surface area contributed by atoms with Crippen LogP contribution in [0.2, 0.25) is 0 Å². The molecule has 0 amide bonds. The maximum Gasteiger partial charge on any atom is 0.209 e. The Hall–Kier alpha value is -2.63. The molecule has 0 aliphatic carbocycles. The Morgan fingerprint density at radius 3 is 2.22 bits per heavy atom. The number of nitrogens with one attached hydrogen (secondary N) is 2. The van der Waals surface area contributed by atoms with Crippen molar-refractivity contribution < 1.29 is 4.74 Å². The van der Waals surface area contributed by atoms with E-state index in [0.29, 0.717) is 12.5 Å². The van der Waals surface area contributed by atoms with Gasteiger partial charge in [-0.3, -0.25) is 0 Å². The molecular formula is C12H13N5O. The van der Waals surface area contributed by atoms with Gasteiger partial charge in [0, 0.05) is 6.07 Å². The fourth-order valence-electron chi connectivity index (χ4n) is 1.23. The van der Waals surface area contributed by atoms with Crippen LogP contribution in [0.5, 0.6) is 5.88 Å². The van der Waals surface area contributed by atoms with E-state index in [-0.39, 0.29) is 0 Å². The minimum Gasteiger partial charge on any atom is -0.473 e. The van der Waals surface area contributed by atoms with Crippen molar-refractivity contribution in [1.29, 1.82) is 0 Å². The van der Waals surface area contributed by atoms with Crippen LogP contribution >= 0.6 is 0 Å². The SMILES string of the molecule is c1ccc(COc2ccn[nH]2)cc1.c1cn[nH]n1. The highest BCUT2D eigenvalue weighted by atomic mass is 16.5. The number of rotatable bonds is 3. The average molecular weight is 243 g/mol. The van der Waals surface area contributed by atoms with Gasteiger partial charge >= 0.3 is 0 Å². The summed E-state index contributed by atoms with van der Waals surface area (Å²) >= 11 is 0. The molecule has 0 saturated carbocycles. The van der Waals surface area contributed by atoms with Gasteiger partial charge in [0.15, 0.2) is 0 Å². The minimum atomic E-state index is 0.572. The second kappa shape index (κ2) is 6.85. The van der Waals surface area contributed by atoms with Crippen LogP contribution in [0.25, 0.3) is 0 Å². The summed E-state index contributed by atoms with van der Waals surface area (Å²) in [4.78, 5) is 0. The molecule has 2 N–H and O–H groups in total. The van der Waals surface area contributed by atoms with Crippen LogP contribution in [0.1, 0.15) is 5.56 Å². The van der Waals surface area contributed by atoms with Crippen LogP contribution in [-0.2, 0) is 6.61 Å². The van der Waals surface area contributed by atoms with Gasteiger partial charge in [0.25, 0.3) is 0 Å². The van der Waals surface area contributed by atoms with Gasteiger partial charge in [-0.2, -0.15) is 20.5 Å². The van der Waals surface area contributed by atoms with Crippen molar-refractivity contribution in [2.75, 3.05) is 0 Å². The molecule has 0 fully saturated rings. The first-order valence-electron chi connectivity index (χ1n) is 5.41. The van der Waals surface area contributed by atoms with Crippen LogP contribution < -0.4 is 4.74 Å². The number of H-pyrrole nitrogens is 2. The van der Waals surface area contributed by atoms with Gasteiger partial charge in [-0.15, -0.1) is 0 Å². The highest BCUT2D eigenvalue weighted by Gasteiger charge is 1.94. The molecule has 0 aliphatic heterocycles. The lowest BCUT2D eigenvalue weighted by molar-refractivity contribution is 0.293. The summed E-state index contributed by atoms with van der Waals surface area (Å²) in [6, 6.07) is 11.8. The summed E-state index contributed by atoms with van der Waals surface area (Å²) in [6.45, 7) is 0.572. The largest absolute Gasteiger partial charge is 0.473 e. The monoisotopic (exact) mass is 243 g/mol. The maximum absolute atomic E-state index is 5.41. The van der Waals surface area contributed by atoms with Gasteiger partial charge in [0.05, 0.1) is 18.6 Å². The number of aromatic amines is 2. The molecule has 3 rings (SSSR count). The fourth-order valence-corrected chi connectivity index (χ4v) is 1.23. The summed E-state index contributed by atoms with van der Waals surface area (Å²) in [6.07, 6.45) is 4.83. The quantitative estimate of drug-likeness (QED) is 0.735. The van der Waals surface area contributed by atoms with Crippen LogP contribution in [0.4, 0.5) is 0 Å². The second-order valence-electron chi connectivity index (χ2n) is 3.35. The topological polar surface area (TPSA) is 79.5 Å². The van der Waals surface area contributed by atoms with Gasteiger partial charge in [0.1, 0.15) is 6.61 Å². The van der Waals surface area contributed by atoms with Gasteiger partial charge in [-0.1, -0.05) is 30.3 Å². The third-order valence-corrected chi connectivity index (χ3v) is 2.04. The Labute approximate surface area is 104 Å². The van der Waals surface area contributed by atoms with Crippen molar-refractivity contribution in [3.8, 4) is 5.88 Å². The Kier molecular flexibility index (Phi) is 4.50. The van der Waals surface area contributed by atoms with E-state index in [1.807, 2.05) is 30.3 Å². The number of nitrogens with zero attached hydrogens (tertiary/aromatic N) is 3. The van der Waals surface area contributed by atoms with Crippen LogP contribution in [0.15, 0.2) is 55.0 Å². The maximum atomic E-state index is 5.41. The number of hydrogen-bond acceptors (Lipinski definition) is 4. The Bertz CT molecular complexity index is 489. The van der Waals surface area contributed by atoms with Crippen molar-refractivity contribution in [3.63, 3.8) is 0 Å². The summed E-state index contributed by atoms with van der Waals surface area (Å²) in [5, 5.41) is 15.9. The first-order chi connectivity index (χ1) is 8.95. The standard InChI is InChI=1S/C10H10N2O.C2H3N3/c1-2-4-9(5-3-1)8-13-10-6-7-11-12-10;1-2-4-5-3-1/h1-7H,8H2,(H,11,12);1-2H,(H,3,4,5). The van der Waals surface area contributed by atoms with Gasteiger partial charge in [-0.05, 0) is 5.56 Å². The lowest BCUT2D eigenvalue weighted by atomic mass is 10.2. The lowest BCUT2D eigenvalue weighted by Crippen LogP contribution is -1.94. The van der Waals surface area contributed by atoms with E-state index in [0.717, 1.165) is 5.56 Å². The molecule has 1 aromatic carbocycles. The van der Waals surface area contributed by atoms with E-state index in [2.05, 4.69) is 25.6 Å². The first kappa shape index (κ1) is 11.8. The van der Waals surface area contributed by atoms with Gasteiger partial charge < -0.3 is 4.74 Å². The highest BCUT2D eigenvalue weighted by molar-refractivity contribution is 5.14. The molecule has 92 valence electrons. The van der Waals surface area contributed by atoms with Gasteiger partial charge in [0.2, 0.25) is 5.88 Å². The molecule has 0 aliphatic rings. The molecule has 0 bridgehead atoms. The number of hydrogen-bond donors (Lipinski definition) is 2. The third kappa shape index (κ3) is 4.09. The molecular weight excluding hydrogens is 230 g/mol. The highest BCUT2D eigenvalue weighted by Crippen LogP contribution is 2.06. The van der Waals surface area contributed by atoms with Crippen molar-refractivity contribution >= 4 is 0 Å². The Morgan fingerprint density at radius 1 is 0.889 bits per heavy atom. The molecule has 0 atom stereocenters. The van der Waals surface area contributed by atoms with Crippen LogP contribution in [-0.4, -0.2) is 25.6 Å². The zero-order valence-electron chi connectivity index (χ0n) is 9.65. The first-order valence-corrected chi connectivity index (χ1v) is 5.41. The Morgan fingerprint density at radius 2 is 1.67 bits per heavy atom. The normalized spacial score (nSPS) is 9.33. The molecule has 18 heavy (non-hydrogen) atoms. The molecule has 0 radical (unpaired) electrons. The van der Waals surface area contributed by atoms with Gasteiger partial charge in [-0.25, -0.2) is 5.10 Å². The van der Waals surface area contributed by atoms with E-state index < -0.39 is 0 Å². The minimum absolute atomic E-state index is 0.572. The fraction of sp³-hybridized carbons (Fsp3) is 0.0833. The zero-order valence-corrected chi connectivity index (χ0v) is 9.65. The van der Waals surface area contributed by atoms with Crippen LogP contribution in [0, 0.1) is 0 Å². The van der Waals surface area contributed by atoms with E-state index >= 15 is 0 Å². The number of ether oxygens (including phenoxy) is 1. The van der Waals surface area contributed by atoms with E-state index in [9.17, 15) is 0 Å². The van der Waals surface area contributed by atoms with Crippen molar-refractivity contribution in [3.05, 3.63) is 60.6 Å². The van der Waals surface area contributed by atoms with E-state index in [4.69, 9.17) is 4.74 Å². The molecule has 2 aromatic heterocycles. The average Bonchev–Trinajstić information content (AvgIpc) is 3.13. The molecule has 0 spiro atoms. The molecule has 3 aromatic rings. The number of benzene rings is 1. The predicted molar refractivity (Wildman–Crippen MR) is 65.7 cm³/mol. The van der Waals surface area contributed by atoms with E-state index in [1.54, 1.807) is 24.7 Å².